The van der Waals surface area contributed by atoms with E-state index in [1.54, 1.807) is 11.8 Å². The molecular weight excluding hydrogens is 330 g/mol. The molecule has 1 saturated heterocycles. The van der Waals surface area contributed by atoms with Crippen LogP contribution in [0.2, 0.25) is 0 Å². The first-order valence-corrected chi connectivity index (χ1v) is 9.20. The highest BCUT2D eigenvalue weighted by Crippen LogP contribution is 2.24. The van der Waals surface area contributed by atoms with Crippen molar-refractivity contribution in [2.75, 3.05) is 29.9 Å². The smallest absolute Gasteiger partial charge is 0.319 e. The summed E-state index contributed by atoms with van der Waals surface area (Å²) in [6, 6.07) is 8.99. The molecule has 0 aromatic heterocycles. The minimum atomic E-state index is -1.78. The summed E-state index contributed by atoms with van der Waals surface area (Å²) < 4.78 is 0. The Morgan fingerprint density at radius 2 is 2.04 bits per heavy atom. The molecule has 1 aliphatic heterocycles. The van der Waals surface area contributed by atoms with Crippen LogP contribution >= 0.6 is 11.8 Å². The Morgan fingerprint density at radius 3 is 2.75 bits per heavy atom. The third-order valence-electron chi connectivity index (χ3n) is 3.87. The van der Waals surface area contributed by atoms with E-state index in [1.165, 1.54) is 0 Å². The number of nitrogens with zero attached hydrogens (tertiary/aromatic N) is 1. The number of carbonyl (C=O) groups excluding carboxylic acids is 1. The minimum Gasteiger partial charge on any atom is -0.364 e. The Balaban J connectivity index is 1.52. The quantitative estimate of drug-likeness (QED) is 0.375. The number of para-hydroxylation sites is 1. The van der Waals surface area contributed by atoms with Gasteiger partial charge in [-0.1, -0.05) is 18.2 Å². The van der Waals surface area contributed by atoms with E-state index in [-0.39, 0.29) is 25.0 Å². The molecule has 1 unspecified atom stereocenters. The number of rotatable bonds is 7. The van der Waals surface area contributed by atoms with Gasteiger partial charge in [-0.2, -0.15) is 16.8 Å². The van der Waals surface area contributed by atoms with Gasteiger partial charge in [0.25, 0.3) is 0 Å². The molecule has 5 N–H and O–H groups in total. The molecule has 1 aliphatic rings. The van der Waals surface area contributed by atoms with Crippen molar-refractivity contribution in [1.29, 1.82) is 0 Å². The molecule has 8 heteroatoms. The van der Waals surface area contributed by atoms with Crippen LogP contribution in [-0.2, 0) is 0 Å². The summed E-state index contributed by atoms with van der Waals surface area (Å²) in [7, 11) is 0. The first kappa shape index (κ1) is 19.0. The van der Waals surface area contributed by atoms with Crippen molar-refractivity contribution >= 4 is 23.5 Å². The van der Waals surface area contributed by atoms with Crippen molar-refractivity contribution in [2.24, 2.45) is 0 Å². The van der Waals surface area contributed by atoms with Gasteiger partial charge in [0.2, 0.25) is 0 Å². The summed E-state index contributed by atoms with van der Waals surface area (Å²) in [6.07, 6.45) is 1.61. The van der Waals surface area contributed by atoms with Crippen LogP contribution in [0, 0.1) is 0 Å². The first-order valence-electron chi connectivity index (χ1n) is 8.04. The second-order valence-electron chi connectivity index (χ2n) is 5.92. The predicted molar refractivity (Wildman–Crippen MR) is 94.1 cm³/mol. The highest BCUT2D eigenvalue weighted by molar-refractivity contribution is 7.99. The predicted octanol–water partition coefficient (Wildman–Crippen LogP) is 1.47. The number of β-amino-alcohol motifs (C(OH)–C–C–N with tert-alkyl or cyclic N) is 2. The van der Waals surface area contributed by atoms with Crippen molar-refractivity contribution in [2.45, 2.75) is 31.1 Å². The SMILES string of the molecule is O=C(NCCSCCC1CCC(O)(O)CN1O)Nc1ccccc1. The van der Waals surface area contributed by atoms with Gasteiger partial charge in [0.1, 0.15) is 0 Å². The topological polar surface area (TPSA) is 105 Å². The second kappa shape index (κ2) is 9.24. The molecule has 1 heterocycles. The number of benzene rings is 1. The molecule has 24 heavy (non-hydrogen) atoms. The van der Waals surface area contributed by atoms with Crippen LogP contribution in [0.4, 0.5) is 10.5 Å². The Hall–Kier alpha value is -1.32. The standard InChI is InChI=1S/C16H25N3O4S/c20-15(18-13-4-2-1-3-5-13)17-9-11-24-10-7-14-6-8-16(21,22)12-19(14)23/h1-5,14,21-23H,6-12H2,(H2,17,18,20). The van der Waals surface area contributed by atoms with Gasteiger partial charge in [-0.25, -0.2) is 4.79 Å². The lowest BCUT2D eigenvalue weighted by molar-refractivity contribution is -0.265. The molecule has 1 aromatic carbocycles. The number of hydroxylamine groups is 2. The van der Waals surface area contributed by atoms with Gasteiger partial charge in [-0.3, -0.25) is 0 Å². The van der Waals surface area contributed by atoms with Crippen molar-refractivity contribution in [1.82, 2.24) is 10.4 Å². The number of piperidine rings is 1. The molecule has 0 bridgehead atoms. The molecule has 1 aromatic rings. The van der Waals surface area contributed by atoms with Crippen LogP contribution in [-0.4, -0.2) is 62.9 Å². The van der Waals surface area contributed by atoms with Crippen molar-refractivity contribution in [3.8, 4) is 0 Å². The molecule has 0 aliphatic carbocycles. The summed E-state index contributed by atoms with van der Waals surface area (Å²) in [5.41, 5.74) is 0.756. The lowest BCUT2D eigenvalue weighted by atomic mass is 9.98. The van der Waals surface area contributed by atoms with Gasteiger partial charge in [-0.15, -0.1) is 0 Å². The van der Waals surface area contributed by atoms with E-state index in [9.17, 15) is 20.2 Å². The van der Waals surface area contributed by atoms with E-state index in [0.29, 0.717) is 13.0 Å². The van der Waals surface area contributed by atoms with Gasteiger partial charge in [0, 0.05) is 30.4 Å². The molecular formula is C16H25N3O4S. The number of thioether (sulfide) groups is 1. The van der Waals surface area contributed by atoms with E-state index < -0.39 is 5.79 Å². The average molecular weight is 355 g/mol. The number of anilines is 1. The van der Waals surface area contributed by atoms with Crippen LogP contribution in [0.25, 0.3) is 0 Å². The minimum absolute atomic E-state index is 0.0423. The van der Waals surface area contributed by atoms with Gasteiger partial charge >= 0.3 is 6.03 Å². The molecule has 134 valence electrons. The van der Waals surface area contributed by atoms with E-state index in [2.05, 4.69) is 10.6 Å². The molecule has 0 spiro atoms. The Kier molecular flexibility index (Phi) is 7.32. The maximum atomic E-state index is 11.7. The monoisotopic (exact) mass is 355 g/mol. The maximum absolute atomic E-state index is 11.7. The molecule has 0 saturated carbocycles. The molecule has 7 nitrogen and oxygen atoms in total. The fourth-order valence-electron chi connectivity index (χ4n) is 2.56. The fourth-order valence-corrected chi connectivity index (χ4v) is 3.45. The Morgan fingerprint density at radius 1 is 1.29 bits per heavy atom. The van der Waals surface area contributed by atoms with Crippen LogP contribution in [0.15, 0.2) is 30.3 Å². The highest BCUT2D eigenvalue weighted by Gasteiger charge is 2.35. The highest BCUT2D eigenvalue weighted by atomic mass is 32.2. The van der Waals surface area contributed by atoms with Crippen molar-refractivity contribution in [3.05, 3.63) is 30.3 Å². The third-order valence-corrected chi connectivity index (χ3v) is 4.89. The summed E-state index contributed by atoms with van der Waals surface area (Å²) in [6.45, 7) is 0.427. The number of hydrogen-bond acceptors (Lipinski definition) is 6. The zero-order valence-electron chi connectivity index (χ0n) is 13.5. The van der Waals surface area contributed by atoms with Crippen molar-refractivity contribution < 1.29 is 20.2 Å². The summed E-state index contributed by atoms with van der Waals surface area (Å²) in [5, 5.41) is 35.3. The van der Waals surface area contributed by atoms with E-state index in [1.807, 2.05) is 30.3 Å². The van der Waals surface area contributed by atoms with Crippen LogP contribution in [0.1, 0.15) is 19.3 Å². The molecule has 0 radical (unpaired) electrons. The van der Waals surface area contributed by atoms with Gasteiger partial charge in [0.15, 0.2) is 5.79 Å². The zero-order valence-corrected chi connectivity index (χ0v) is 14.3. The maximum Gasteiger partial charge on any atom is 0.319 e. The molecule has 1 fully saturated rings. The van der Waals surface area contributed by atoms with E-state index in [4.69, 9.17) is 0 Å². The number of urea groups is 1. The number of amides is 2. The fraction of sp³-hybridized carbons (Fsp3) is 0.562. The van der Waals surface area contributed by atoms with Crippen LogP contribution in [0.5, 0.6) is 0 Å². The van der Waals surface area contributed by atoms with Gasteiger partial charge < -0.3 is 26.1 Å². The van der Waals surface area contributed by atoms with Gasteiger partial charge in [-0.05, 0) is 30.7 Å². The molecule has 1 atom stereocenters. The second-order valence-corrected chi connectivity index (χ2v) is 7.15. The molecule has 2 amide bonds. The first-order chi connectivity index (χ1) is 11.5. The number of carbonyl (C=O) groups is 1. The lowest BCUT2D eigenvalue weighted by Crippen LogP contribution is -2.51. The largest absolute Gasteiger partial charge is 0.364 e. The lowest BCUT2D eigenvalue weighted by Gasteiger charge is -2.37. The number of aliphatic hydroxyl groups is 2. The summed E-state index contributed by atoms with van der Waals surface area (Å²) in [5.74, 6) is -0.160. The van der Waals surface area contributed by atoms with E-state index in [0.717, 1.165) is 28.7 Å². The normalized spacial score (nSPS) is 20.5. The summed E-state index contributed by atoms with van der Waals surface area (Å²) >= 11 is 1.69. The third kappa shape index (κ3) is 6.66. The van der Waals surface area contributed by atoms with Crippen molar-refractivity contribution in [3.63, 3.8) is 0 Å². The number of nitrogens with one attached hydrogen (secondary N) is 2. The van der Waals surface area contributed by atoms with E-state index >= 15 is 0 Å². The average Bonchev–Trinajstić information content (AvgIpc) is 2.53. The van der Waals surface area contributed by atoms with Gasteiger partial charge in [0.05, 0.1) is 6.54 Å². The Labute approximate surface area is 146 Å². The van der Waals surface area contributed by atoms with Crippen LogP contribution < -0.4 is 10.6 Å². The molecule has 2 rings (SSSR count). The Bertz CT molecular complexity index is 515. The number of hydrogen-bond donors (Lipinski definition) is 5. The van der Waals surface area contributed by atoms with Crippen LogP contribution in [0.3, 0.4) is 0 Å². The summed E-state index contributed by atoms with van der Waals surface area (Å²) in [4.78, 5) is 11.7. The zero-order chi connectivity index (χ0) is 17.4.